The maximum absolute atomic E-state index is 11.1. The number of aliphatic hydroxyl groups is 1. The van der Waals surface area contributed by atoms with Gasteiger partial charge in [0.2, 0.25) is 0 Å². The molecule has 0 aromatic carbocycles. The molecule has 0 bridgehead atoms. The molecular weight excluding hydrogens is 232 g/mol. The molecule has 2 fully saturated rings. The predicted molar refractivity (Wildman–Crippen MR) is 68.5 cm³/mol. The molecule has 0 saturated carbocycles. The molecule has 2 saturated heterocycles. The molecule has 5 nitrogen and oxygen atoms in total. The number of piperidine rings is 1. The van der Waals surface area contributed by atoms with Gasteiger partial charge in [0.05, 0.1) is 0 Å². The van der Waals surface area contributed by atoms with E-state index in [-0.39, 0.29) is 0 Å². The third kappa shape index (κ3) is 3.02. The third-order valence-corrected chi connectivity index (χ3v) is 4.45. The van der Waals surface area contributed by atoms with Gasteiger partial charge < -0.3 is 20.0 Å². The van der Waals surface area contributed by atoms with Crippen molar-refractivity contribution in [1.29, 1.82) is 0 Å². The first-order valence-corrected chi connectivity index (χ1v) is 6.90. The molecule has 18 heavy (non-hydrogen) atoms. The van der Waals surface area contributed by atoms with Gasteiger partial charge in [0, 0.05) is 12.6 Å². The van der Waals surface area contributed by atoms with Crippen LogP contribution in [0, 0.1) is 0 Å². The normalized spacial score (nSPS) is 33.2. The summed E-state index contributed by atoms with van der Waals surface area (Å²) in [5, 5.41) is 19.1. The summed E-state index contributed by atoms with van der Waals surface area (Å²) in [5.41, 5.74) is -1.50. The number of rotatable bonds is 2. The van der Waals surface area contributed by atoms with E-state index in [1.54, 1.807) is 0 Å². The number of carbonyl (C=O) groups is 1. The van der Waals surface area contributed by atoms with Crippen LogP contribution in [-0.2, 0) is 4.79 Å². The van der Waals surface area contributed by atoms with Gasteiger partial charge in [-0.25, -0.2) is 4.79 Å². The number of carboxylic acids is 1. The molecule has 2 rings (SSSR count). The van der Waals surface area contributed by atoms with Gasteiger partial charge in [-0.1, -0.05) is 0 Å². The Labute approximate surface area is 108 Å². The van der Waals surface area contributed by atoms with Crippen LogP contribution < -0.4 is 0 Å². The van der Waals surface area contributed by atoms with Crippen LogP contribution in [-0.4, -0.2) is 70.9 Å². The van der Waals surface area contributed by atoms with E-state index in [0.29, 0.717) is 25.4 Å². The van der Waals surface area contributed by atoms with Crippen molar-refractivity contribution in [2.75, 3.05) is 33.2 Å². The third-order valence-electron chi connectivity index (χ3n) is 4.45. The SMILES string of the molecule is CN1CCC(N2CCCC(O)(C(=O)O)CC2)CC1. The van der Waals surface area contributed by atoms with Gasteiger partial charge in [-0.2, -0.15) is 0 Å². The zero-order valence-corrected chi connectivity index (χ0v) is 11.1. The first kappa shape index (κ1) is 13.8. The van der Waals surface area contributed by atoms with Gasteiger partial charge in [0.1, 0.15) is 0 Å². The number of carboxylic acid groups (broad SMARTS) is 1. The standard InChI is InChI=1S/C13H24N2O3/c1-14-8-3-11(4-9-14)15-7-2-5-13(18,6-10-15)12(16)17/h11,18H,2-10H2,1H3,(H,16,17). The van der Waals surface area contributed by atoms with E-state index in [0.717, 1.165) is 38.9 Å². The predicted octanol–water partition coefficient (Wildman–Crippen LogP) is 0.382. The minimum Gasteiger partial charge on any atom is -0.479 e. The van der Waals surface area contributed by atoms with Crippen molar-refractivity contribution in [3.05, 3.63) is 0 Å². The molecule has 0 aromatic heterocycles. The maximum atomic E-state index is 11.1. The molecule has 2 aliphatic rings. The summed E-state index contributed by atoms with van der Waals surface area (Å²) >= 11 is 0. The second kappa shape index (κ2) is 5.55. The van der Waals surface area contributed by atoms with E-state index in [4.69, 9.17) is 5.11 Å². The summed E-state index contributed by atoms with van der Waals surface area (Å²) in [6, 6.07) is 0.567. The highest BCUT2D eigenvalue weighted by molar-refractivity contribution is 5.77. The van der Waals surface area contributed by atoms with Gasteiger partial charge in [-0.3, -0.25) is 0 Å². The van der Waals surface area contributed by atoms with Crippen LogP contribution in [0.15, 0.2) is 0 Å². The molecule has 0 aliphatic carbocycles. The lowest BCUT2D eigenvalue weighted by atomic mass is 9.95. The van der Waals surface area contributed by atoms with Crippen molar-refractivity contribution in [3.63, 3.8) is 0 Å². The van der Waals surface area contributed by atoms with Crippen molar-refractivity contribution in [2.24, 2.45) is 0 Å². The van der Waals surface area contributed by atoms with E-state index in [1.165, 1.54) is 0 Å². The van der Waals surface area contributed by atoms with Crippen LogP contribution in [0.5, 0.6) is 0 Å². The van der Waals surface area contributed by atoms with Crippen LogP contribution in [0.2, 0.25) is 0 Å². The first-order chi connectivity index (χ1) is 8.51. The van der Waals surface area contributed by atoms with Crippen LogP contribution >= 0.6 is 0 Å². The Morgan fingerprint density at radius 1 is 1.17 bits per heavy atom. The quantitative estimate of drug-likeness (QED) is 0.748. The molecule has 0 radical (unpaired) electrons. The average Bonchev–Trinajstić information content (AvgIpc) is 2.54. The average molecular weight is 256 g/mol. The summed E-state index contributed by atoms with van der Waals surface area (Å²) in [4.78, 5) is 15.8. The van der Waals surface area contributed by atoms with Gasteiger partial charge in [0.25, 0.3) is 0 Å². The van der Waals surface area contributed by atoms with Crippen molar-refractivity contribution in [3.8, 4) is 0 Å². The monoisotopic (exact) mass is 256 g/mol. The largest absolute Gasteiger partial charge is 0.479 e. The Balaban J connectivity index is 1.91. The minimum absolute atomic E-state index is 0.356. The second-order valence-corrected chi connectivity index (χ2v) is 5.76. The molecular formula is C13H24N2O3. The smallest absolute Gasteiger partial charge is 0.335 e. The molecule has 0 spiro atoms. The summed E-state index contributed by atoms with van der Waals surface area (Å²) in [7, 11) is 2.14. The van der Waals surface area contributed by atoms with E-state index in [9.17, 15) is 9.90 Å². The summed E-state index contributed by atoms with van der Waals surface area (Å²) in [6.45, 7) is 3.86. The number of hydrogen-bond acceptors (Lipinski definition) is 4. The Morgan fingerprint density at radius 3 is 2.44 bits per heavy atom. The zero-order valence-electron chi connectivity index (χ0n) is 11.1. The Morgan fingerprint density at radius 2 is 1.83 bits per heavy atom. The highest BCUT2D eigenvalue weighted by Crippen LogP contribution is 2.26. The fraction of sp³-hybridized carbons (Fsp3) is 0.923. The molecule has 5 heteroatoms. The van der Waals surface area contributed by atoms with E-state index in [2.05, 4.69) is 16.8 Å². The van der Waals surface area contributed by atoms with Crippen LogP contribution in [0.4, 0.5) is 0 Å². The molecule has 2 N–H and O–H groups in total. The summed E-state index contributed by atoms with van der Waals surface area (Å²) < 4.78 is 0. The van der Waals surface area contributed by atoms with Crippen LogP contribution in [0.25, 0.3) is 0 Å². The van der Waals surface area contributed by atoms with Gasteiger partial charge in [-0.05, 0) is 58.8 Å². The Bertz CT molecular complexity index is 303. The zero-order chi connectivity index (χ0) is 13.2. The first-order valence-electron chi connectivity index (χ1n) is 6.90. The van der Waals surface area contributed by atoms with Gasteiger partial charge in [0.15, 0.2) is 5.60 Å². The molecule has 0 aromatic rings. The maximum Gasteiger partial charge on any atom is 0.335 e. The fourth-order valence-electron chi connectivity index (χ4n) is 3.08. The lowest BCUT2D eigenvalue weighted by molar-refractivity contribution is -0.159. The lowest BCUT2D eigenvalue weighted by Crippen LogP contribution is -2.45. The molecule has 104 valence electrons. The van der Waals surface area contributed by atoms with Crippen molar-refractivity contribution < 1.29 is 15.0 Å². The van der Waals surface area contributed by atoms with Gasteiger partial charge >= 0.3 is 5.97 Å². The molecule has 0 amide bonds. The van der Waals surface area contributed by atoms with Gasteiger partial charge in [-0.15, -0.1) is 0 Å². The minimum atomic E-state index is -1.50. The van der Waals surface area contributed by atoms with Crippen molar-refractivity contribution in [1.82, 2.24) is 9.80 Å². The van der Waals surface area contributed by atoms with E-state index >= 15 is 0 Å². The summed E-state index contributed by atoms with van der Waals surface area (Å²) in [5.74, 6) is -1.06. The van der Waals surface area contributed by atoms with Crippen LogP contribution in [0.1, 0.15) is 32.1 Å². The highest BCUT2D eigenvalue weighted by Gasteiger charge is 2.38. The lowest BCUT2D eigenvalue weighted by Gasteiger charge is -2.36. The van der Waals surface area contributed by atoms with Crippen LogP contribution in [0.3, 0.4) is 0 Å². The molecule has 2 heterocycles. The Kier molecular flexibility index (Phi) is 4.25. The molecule has 1 atom stereocenters. The summed E-state index contributed by atoms with van der Waals surface area (Å²) in [6.07, 6.45) is 3.82. The molecule has 2 aliphatic heterocycles. The number of aliphatic carboxylic acids is 1. The van der Waals surface area contributed by atoms with E-state index in [1.807, 2.05) is 0 Å². The van der Waals surface area contributed by atoms with Crippen molar-refractivity contribution >= 4 is 5.97 Å². The topological polar surface area (TPSA) is 64.0 Å². The second-order valence-electron chi connectivity index (χ2n) is 5.76. The highest BCUT2D eigenvalue weighted by atomic mass is 16.4. The fourth-order valence-corrected chi connectivity index (χ4v) is 3.08. The molecule has 1 unspecified atom stereocenters. The van der Waals surface area contributed by atoms with E-state index < -0.39 is 11.6 Å². The number of hydrogen-bond donors (Lipinski definition) is 2. The van der Waals surface area contributed by atoms with Crippen molar-refractivity contribution in [2.45, 2.75) is 43.7 Å². The number of nitrogens with zero attached hydrogens (tertiary/aromatic N) is 2. The Hall–Kier alpha value is -0.650. The number of likely N-dealkylation sites (tertiary alicyclic amines) is 2.